The Bertz CT molecular complexity index is 840. The predicted octanol–water partition coefficient (Wildman–Crippen LogP) is 2.00. The van der Waals surface area contributed by atoms with Gasteiger partial charge in [0.05, 0.1) is 20.3 Å². The van der Waals surface area contributed by atoms with E-state index < -0.39 is 30.1 Å². The van der Waals surface area contributed by atoms with Gasteiger partial charge in [-0.25, -0.2) is 4.79 Å². The van der Waals surface area contributed by atoms with Gasteiger partial charge in [0.1, 0.15) is 23.5 Å². The monoisotopic (exact) mass is 406 g/mol. The summed E-state index contributed by atoms with van der Waals surface area (Å²) in [4.78, 5) is 24.8. The Hall–Kier alpha value is -2.84. The van der Waals surface area contributed by atoms with Gasteiger partial charge >= 0.3 is 5.97 Å². The third-order valence-electron chi connectivity index (χ3n) is 4.63. The standard InChI is InChI=1S/C21H26O8/c1-11-8-9-14(23)19(25)13(22)7-5-6-12(2)29-21(26)18-15(24)10-16(27-3)20(28-4)17(11)18/h5,7-8,10,12,14,19,23-25H,6,9H2,1-4H3/b7-5-,11-8+. The van der Waals surface area contributed by atoms with Crippen LogP contribution in [-0.2, 0) is 9.53 Å². The summed E-state index contributed by atoms with van der Waals surface area (Å²) in [5.74, 6) is -1.34. The van der Waals surface area contributed by atoms with Crippen molar-refractivity contribution >= 4 is 17.3 Å². The number of methoxy groups -OCH3 is 2. The number of benzene rings is 1. The second-order valence-electron chi connectivity index (χ2n) is 6.77. The van der Waals surface area contributed by atoms with Gasteiger partial charge in [-0.05, 0) is 31.9 Å². The van der Waals surface area contributed by atoms with Crippen molar-refractivity contribution in [1.82, 2.24) is 0 Å². The number of allylic oxidation sites excluding steroid dienone is 1. The van der Waals surface area contributed by atoms with Crippen LogP contribution in [0.2, 0.25) is 0 Å². The van der Waals surface area contributed by atoms with E-state index in [-0.39, 0.29) is 41.2 Å². The maximum Gasteiger partial charge on any atom is 0.342 e. The lowest BCUT2D eigenvalue weighted by Gasteiger charge is -2.21. The fourth-order valence-electron chi connectivity index (χ4n) is 3.05. The topological polar surface area (TPSA) is 123 Å². The van der Waals surface area contributed by atoms with Gasteiger partial charge in [-0.2, -0.15) is 0 Å². The van der Waals surface area contributed by atoms with Gasteiger partial charge in [-0.3, -0.25) is 4.79 Å². The highest BCUT2D eigenvalue weighted by atomic mass is 16.5. The summed E-state index contributed by atoms with van der Waals surface area (Å²) >= 11 is 0. The molecule has 1 aromatic carbocycles. The van der Waals surface area contributed by atoms with Gasteiger partial charge in [-0.1, -0.05) is 12.2 Å². The first-order valence-electron chi connectivity index (χ1n) is 9.13. The minimum Gasteiger partial charge on any atom is -0.507 e. The minimum absolute atomic E-state index is 0.0708. The van der Waals surface area contributed by atoms with Crippen LogP contribution in [0.1, 0.15) is 42.6 Å². The molecule has 0 bridgehead atoms. The summed E-state index contributed by atoms with van der Waals surface area (Å²) in [6.45, 7) is 3.27. The molecule has 0 saturated heterocycles. The molecule has 8 nitrogen and oxygen atoms in total. The molecule has 1 aromatic rings. The molecule has 3 unspecified atom stereocenters. The Morgan fingerprint density at radius 3 is 2.41 bits per heavy atom. The maximum absolute atomic E-state index is 12.8. The summed E-state index contributed by atoms with van der Waals surface area (Å²) < 4.78 is 16.1. The van der Waals surface area contributed by atoms with Gasteiger partial charge in [0.15, 0.2) is 17.3 Å². The first-order valence-corrected chi connectivity index (χ1v) is 9.13. The first-order chi connectivity index (χ1) is 13.7. The molecule has 0 aliphatic carbocycles. The molecular formula is C21H26O8. The number of carbonyl (C=O) groups is 2. The number of phenolic OH excluding ortho intramolecular Hbond substituents is 1. The fraction of sp³-hybridized carbons (Fsp3) is 0.429. The fourth-order valence-corrected chi connectivity index (χ4v) is 3.05. The quantitative estimate of drug-likeness (QED) is 0.638. The highest BCUT2D eigenvalue weighted by Gasteiger charge is 2.28. The Kier molecular flexibility index (Phi) is 7.41. The van der Waals surface area contributed by atoms with Crippen LogP contribution in [0, 0.1) is 0 Å². The summed E-state index contributed by atoms with van der Waals surface area (Å²) in [6, 6.07) is 1.26. The Morgan fingerprint density at radius 2 is 1.79 bits per heavy atom. The van der Waals surface area contributed by atoms with Crippen LogP contribution in [0.3, 0.4) is 0 Å². The number of ether oxygens (including phenoxy) is 3. The number of ketones is 1. The van der Waals surface area contributed by atoms with E-state index >= 15 is 0 Å². The molecular weight excluding hydrogens is 380 g/mol. The van der Waals surface area contributed by atoms with Crippen molar-refractivity contribution < 1.29 is 39.1 Å². The lowest BCUT2D eigenvalue weighted by molar-refractivity contribution is -0.127. The zero-order valence-electron chi connectivity index (χ0n) is 16.8. The molecule has 0 saturated carbocycles. The third kappa shape index (κ3) is 4.96. The number of carbonyl (C=O) groups excluding carboxylic acids is 2. The van der Waals surface area contributed by atoms with E-state index in [9.17, 15) is 24.9 Å². The molecule has 3 atom stereocenters. The van der Waals surface area contributed by atoms with Gasteiger partial charge in [0.25, 0.3) is 0 Å². The summed E-state index contributed by atoms with van der Waals surface area (Å²) in [5, 5.41) is 30.7. The highest BCUT2D eigenvalue weighted by molar-refractivity contribution is 6.00. The lowest BCUT2D eigenvalue weighted by Crippen LogP contribution is -2.32. The molecule has 3 N–H and O–H groups in total. The Labute approximate surface area is 169 Å². The van der Waals surface area contributed by atoms with Crippen molar-refractivity contribution in [1.29, 1.82) is 0 Å². The number of cyclic esters (lactones) is 1. The number of aliphatic hydroxyl groups is 2. The van der Waals surface area contributed by atoms with Crippen LogP contribution in [-0.4, -0.2) is 59.6 Å². The molecule has 0 radical (unpaired) electrons. The number of hydrogen-bond acceptors (Lipinski definition) is 8. The molecule has 1 aliphatic heterocycles. The third-order valence-corrected chi connectivity index (χ3v) is 4.63. The number of fused-ring (bicyclic) bond motifs is 1. The van der Waals surface area contributed by atoms with E-state index in [1.165, 1.54) is 32.4 Å². The van der Waals surface area contributed by atoms with Crippen molar-refractivity contribution in [3.05, 3.63) is 35.4 Å². The Balaban J connectivity index is 2.68. The van der Waals surface area contributed by atoms with Crippen molar-refractivity contribution in [2.75, 3.05) is 14.2 Å². The molecule has 0 fully saturated rings. The van der Waals surface area contributed by atoms with Gasteiger partial charge in [0.2, 0.25) is 0 Å². The average molecular weight is 406 g/mol. The molecule has 0 aromatic heterocycles. The van der Waals surface area contributed by atoms with Gasteiger partial charge in [-0.15, -0.1) is 0 Å². The normalized spacial score (nSPS) is 26.4. The van der Waals surface area contributed by atoms with Gasteiger partial charge < -0.3 is 29.5 Å². The number of phenols is 1. The molecule has 1 heterocycles. The van der Waals surface area contributed by atoms with E-state index in [0.717, 1.165) is 6.08 Å². The first kappa shape index (κ1) is 22.4. The predicted molar refractivity (Wildman–Crippen MR) is 105 cm³/mol. The van der Waals surface area contributed by atoms with Crippen molar-refractivity contribution in [2.45, 2.75) is 45.0 Å². The minimum atomic E-state index is -1.59. The van der Waals surface area contributed by atoms with Crippen LogP contribution in [0.4, 0.5) is 0 Å². The zero-order chi connectivity index (χ0) is 21.7. The van der Waals surface area contributed by atoms with E-state index in [0.29, 0.717) is 5.57 Å². The van der Waals surface area contributed by atoms with Crippen molar-refractivity contribution in [3.63, 3.8) is 0 Å². The number of hydrogen-bond donors (Lipinski definition) is 3. The Morgan fingerprint density at radius 1 is 1.10 bits per heavy atom. The van der Waals surface area contributed by atoms with Crippen molar-refractivity contribution in [3.8, 4) is 17.2 Å². The molecule has 2 rings (SSSR count). The molecule has 8 heteroatoms. The summed E-state index contributed by atoms with van der Waals surface area (Å²) in [7, 11) is 2.79. The maximum atomic E-state index is 12.8. The second kappa shape index (κ2) is 9.58. The SMILES string of the molecule is COc1cc(O)c2c(c1OC)/C(C)=C/CC(O)C(O)C(=O)/C=C\CC(C)OC2=O. The molecule has 29 heavy (non-hydrogen) atoms. The number of aromatic hydroxyl groups is 1. The number of aliphatic hydroxyl groups excluding tert-OH is 2. The van der Waals surface area contributed by atoms with Crippen LogP contribution < -0.4 is 9.47 Å². The van der Waals surface area contributed by atoms with E-state index in [2.05, 4.69) is 0 Å². The van der Waals surface area contributed by atoms with Crippen LogP contribution in [0.25, 0.3) is 5.57 Å². The summed E-state index contributed by atoms with van der Waals surface area (Å²) in [6.07, 6.45) is 0.739. The number of rotatable bonds is 2. The lowest BCUT2D eigenvalue weighted by atomic mass is 9.95. The van der Waals surface area contributed by atoms with Crippen LogP contribution >= 0.6 is 0 Å². The van der Waals surface area contributed by atoms with E-state index in [1.807, 2.05) is 0 Å². The number of esters is 1. The summed E-state index contributed by atoms with van der Waals surface area (Å²) in [5.41, 5.74) is 0.597. The second-order valence-corrected chi connectivity index (χ2v) is 6.77. The van der Waals surface area contributed by atoms with Crippen LogP contribution in [0.5, 0.6) is 17.2 Å². The molecule has 0 spiro atoms. The highest BCUT2D eigenvalue weighted by Crippen LogP contribution is 2.43. The van der Waals surface area contributed by atoms with E-state index in [1.54, 1.807) is 13.8 Å². The largest absolute Gasteiger partial charge is 0.507 e. The molecule has 158 valence electrons. The van der Waals surface area contributed by atoms with E-state index in [4.69, 9.17) is 14.2 Å². The zero-order valence-corrected chi connectivity index (χ0v) is 16.8. The van der Waals surface area contributed by atoms with Crippen molar-refractivity contribution in [2.24, 2.45) is 0 Å². The smallest absolute Gasteiger partial charge is 0.342 e. The average Bonchev–Trinajstić information content (AvgIpc) is 2.68. The molecule has 1 aliphatic rings. The van der Waals surface area contributed by atoms with Crippen LogP contribution in [0.15, 0.2) is 24.3 Å². The molecule has 0 amide bonds. The van der Waals surface area contributed by atoms with Gasteiger partial charge in [0, 0.05) is 18.1 Å².